The van der Waals surface area contributed by atoms with Gasteiger partial charge >= 0.3 is 0 Å². The van der Waals surface area contributed by atoms with Crippen LogP contribution >= 0.6 is 0 Å². The van der Waals surface area contributed by atoms with Gasteiger partial charge in [0.15, 0.2) is 0 Å². The molecule has 6 rings (SSSR count). The molecule has 3 aromatic carbocycles. The summed E-state index contributed by atoms with van der Waals surface area (Å²) < 4.78 is 0. The van der Waals surface area contributed by atoms with Gasteiger partial charge < -0.3 is 5.32 Å². The Balaban J connectivity index is 1.64. The Morgan fingerprint density at radius 3 is 2.38 bits per heavy atom. The lowest BCUT2D eigenvalue weighted by molar-refractivity contribution is 0.659. The SMILES string of the molecule is CC1(C)c2ccccc2-c2cc3c(cc21)C(C1=CC=CC=CN1)c1ccccc1-3. The number of hydrogen-bond acceptors (Lipinski definition) is 1. The summed E-state index contributed by atoms with van der Waals surface area (Å²) in [5, 5.41) is 3.53. The monoisotopic (exact) mass is 373 g/mol. The first-order chi connectivity index (χ1) is 14.2. The highest BCUT2D eigenvalue weighted by atomic mass is 14.9. The Morgan fingerprint density at radius 2 is 1.48 bits per heavy atom. The lowest BCUT2D eigenvalue weighted by Crippen LogP contribution is -2.17. The van der Waals surface area contributed by atoms with Crippen LogP contribution in [0.4, 0.5) is 0 Å². The molecule has 2 aliphatic carbocycles. The standard InChI is InChI=1S/C28H23N/c1-28(2)24-13-8-7-11-19(24)22-16-21-18-10-5-6-12-20(18)27(23(21)17-25(22)28)26-14-4-3-9-15-29-26/h3-17,27,29H,1-2H3. The van der Waals surface area contributed by atoms with Crippen molar-refractivity contribution in [2.75, 3.05) is 0 Å². The van der Waals surface area contributed by atoms with E-state index < -0.39 is 0 Å². The number of fused-ring (bicyclic) bond motifs is 6. The minimum Gasteiger partial charge on any atom is -0.364 e. The normalized spacial score (nSPS) is 19.5. The highest BCUT2D eigenvalue weighted by Gasteiger charge is 2.39. The fourth-order valence-electron chi connectivity index (χ4n) is 5.38. The summed E-state index contributed by atoms with van der Waals surface area (Å²) in [7, 11) is 0. The molecule has 140 valence electrons. The van der Waals surface area contributed by atoms with Crippen LogP contribution in [0.5, 0.6) is 0 Å². The Bertz CT molecular complexity index is 1250. The molecule has 0 saturated carbocycles. The average molecular weight is 373 g/mol. The number of nitrogens with one attached hydrogen (secondary N) is 1. The maximum atomic E-state index is 3.53. The van der Waals surface area contributed by atoms with Crippen LogP contribution in [0.25, 0.3) is 22.3 Å². The highest BCUT2D eigenvalue weighted by molar-refractivity contribution is 5.89. The Morgan fingerprint density at radius 1 is 0.690 bits per heavy atom. The van der Waals surface area contributed by atoms with Gasteiger partial charge in [-0.25, -0.2) is 0 Å². The van der Waals surface area contributed by atoms with Gasteiger partial charge in [0.1, 0.15) is 0 Å². The molecule has 29 heavy (non-hydrogen) atoms. The summed E-state index contributed by atoms with van der Waals surface area (Å²) in [5.41, 5.74) is 12.4. The first-order valence-electron chi connectivity index (χ1n) is 10.3. The van der Waals surface area contributed by atoms with Crippen LogP contribution in [-0.4, -0.2) is 0 Å². The quantitative estimate of drug-likeness (QED) is 0.503. The second kappa shape index (κ2) is 5.84. The van der Waals surface area contributed by atoms with Crippen molar-refractivity contribution in [2.45, 2.75) is 25.2 Å². The van der Waals surface area contributed by atoms with Crippen molar-refractivity contribution >= 4 is 0 Å². The lowest BCUT2D eigenvalue weighted by Gasteiger charge is -2.23. The van der Waals surface area contributed by atoms with Gasteiger partial charge in [0, 0.05) is 17.3 Å². The van der Waals surface area contributed by atoms with E-state index in [1.807, 2.05) is 12.3 Å². The topological polar surface area (TPSA) is 12.0 Å². The van der Waals surface area contributed by atoms with Crippen molar-refractivity contribution in [1.29, 1.82) is 0 Å². The molecule has 1 nitrogen and oxygen atoms in total. The molecule has 1 atom stereocenters. The molecule has 0 fully saturated rings. The van der Waals surface area contributed by atoms with Gasteiger partial charge in [-0.3, -0.25) is 0 Å². The predicted molar refractivity (Wildman–Crippen MR) is 121 cm³/mol. The molecule has 1 unspecified atom stereocenters. The molecule has 0 bridgehead atoms. The number of benzene rings is 3. The molecule has 0 aromatic heterocycles. The first kappa shape index (κ1) is 16.6. The molecule has 3 aromatic rings. The number of rotatable bonds is 1. The van der Waals surface area contributed by atoms with E-state index in [-0.39, 0.29) is 11.3 Å². The van der Waals surface area contributed by atoms with Gasteiger partial charge in [0.2, 0.25) is 0 Å². The van der Waals surface area contributed by atoms with Gasteiger partial charge in [0.05, 0.1) is 5.92 Å². The minimum absolute atomic E-state index is 0.0192. The number of allylic oxidation sites excluding steroid dienone is 5. The van der Waals surface area contributed by atoms with Crippen LogP contribution in [0, 0.1) is 0 Å². The van der Waals surface area contributed by atoms with E-state index in [0.29, 0.717) is 0 Å². The molecule has 1 heteroatoms. The second-order valence-corrected chi connectivity index (χ2v) is 8.69. The molecule has 0 spiro atoms. The Kier molecular flexibility index (Phi) is 3.35. The van der Waals surface area contributed by atoms with Crippen molar-refractivity contribution in [3.8, 4) is 22.3 Å². The van der Waals surface area contributed by atoms with Crippen LogP contribution in [-0.2, 0) is 5.41 Å². The summed E-state index contributed by atoms with van der Waals surface area (Å²) in [4.78, 5) is 0. The highest BCUT2D eigenvalue weighted by Crippen LogP contribution is 2.55. The largest absolute Gasteiger partial charge is 0.364 e. The van der Waals surface area contributed by atoms with Gasteiger partial charge in [0.25, 0.3) is 0 Å². The summed E-state index contributed by atoms with van der Waals surface area (Å²) >= 11 is 0. The van der Waals surface area contributed by atoms with Crippen molar-refractivity contribution in [3.05, 3.63) is 119 Å². The third-order valence-electron chi connectivity index (χ3n) is 6.78. The maximum Gasteiger partial charge on any atom is 0.0503 e. The molecular weight excluding hydrogens is 350 g/mol. The summed E-state index contributed by atoms with van der Waals surface area (Å²) in [5.74, 6) is 0.235. The van der Waals surface area contributed by atoms with Crippen molar-refractivity contribution in [3.63, 3.8) is 0 Å². The van der Waals surface area contributed by atoms with E-state index in [2.05, 4.69) is 98.1 Å². The van der Waals surface area contributed by atoms with Crippen LogP contribution < -0.4 is 5.32 Å². The molecule has 0 radical (unpaired) electrons. The van der Waals surface area contributed by atoms with Crippen LogP contribution in [0.15, 0.2) is 96.9 Å². The fourth-order valence-corrected chi connectivity index (χ4v) is 5.38. The smallest absolute Gasteiger partial charge is 0.0503 e. The average Bonchev–Trinajstić information content (AvgIpc) is 3.00. The Hall–Kier alpha value is -3.32. The molecule has 1 heterocycles. The van der Waals surface area contributed by atoms with E-state index >= 15 is 0 Å². The number of hydrogen-bond donors (Lipinski definition) is 1. The molecule has 0 saturated heterocycles. The van der Waals surface area contributed by atoms with E-state index in [0.717, 1.165) is 0 Å². The predicted octanol–water partition coefficient (Wildman–Crippen LogP) is 6.66. The van der Waals surface area contributed by atoms with E-state index in [1.165, 1.54) is 50.2 Å². The summed E-state index contributed by atoms with van der Waals surface area (Å²) in [6, 6.07) is 22.7. The molecular formula is C28H23N. The second-order valence-electron chi connectivity index (χ2n) is 8.69. The fraction of sp³-hybridized carbons (Fsp3) is 0.143. The van der Waals surface area contributed by atoms with Gasteiger partial charge in [-0.15, -0.1) is 0 Å². The van der Waals surface area contributed by atoms with E-state index in [1.54, 1.807) is 0 Å². The molecule has 3 aliphatic rings. The molecule has 0 amide bonds. The van der Waals surface area contributed by atoms with E-state index in [9.17, 15) is 0 Å². The van der Waals surface area contributed by atoms with Gasteiger partial charge in [-0.1, -0.05) is 80.6 Å². The molecule has 1 aliphatic heterocycles. The summed E-state index contributed by atoms with van der Waals surface area (Å²) in [6.45, 7) is 4.71. The lowest BCUT2D eigenvalue weighted by atomic mass is 9.80. The third-order valence-corrected chi connectivity index (χ3v) is 6.78. The van der Waals surface area contributed by atoms with Gasteiger partial charge in [-0.2, -0.15) is 0 Å². The van der Waals surface area contributed by atoms with E-state index in [4.69, 9.17) is 0 Å². The zero-order valence-corrected chi connectivity index (χ0v) is 16.7. The first-order valence-corrected chi connectivity index (χ1v) is 10.3. The van der Waals surface area contributed by atoms with Crippen molar-refractivity contribution in [1.82, 2.24) is 5.32 Å². The summed E-state index contributed by atoms with van der Waals surface area (Å²) in [6.07, 6.45) is 10.5. The zero-order valence-electron chi connectivity index (χ0n) is 16.7. The van der Waals surface area contributed by atoms with Crippen LogP contribution in [0.1, 0.15) is 42.0 Å². The minimum atomic E-state index is 0.0192. The van der Waals surface area contributed by atoms with Crippen molar-refractivity contribution in [2.24, 2.45) is 0 Å². The maximum absolute atomic E-state index is 3.53. The van der Waals surface area contributed by atoms with Crippen LogP contribution in [0.2, 0.25) is 0 Å². The van der Waals surface area contributed by atoms with Crippen molar-refractivity contribution < 1.29 is 0 Å². The van der Waals surface area contributed by atoms with Gasteiger partial charge in [-0.05, 0) is 62.7 Å². The third kappa shape index (κ3) is 2.22. The zero-order chi connectivity index (χ0) is 19.6. The Labute approximate surface area is 172 Å². The van der Waals surface area contributed by atoms with Crippen LogP contribution in [0.3, 0.4) is 0 Å². The molecule has 1 N–H and O–H groups in total.